The van der Waals surface area contributed by atoms with Crippen LogP contribution >= 0.6 is 15.9 Å². The number of fused-ring (bicyclic) bond motifs is 1. The molecule has 6 nitrogen and oxygen atoms in total. The van der Waals surface area contributed by atoms with Crippen LogP contribution in [0.1, 0.15) is 18.4 Å². The molecule has 1 fully saturated rings. The number of aliphatic hydroxyl groups is 2. The van der Waals surface area contributed by atoms with Crippen LogP contribution in [0.15, 0.2) is 28.7 Å². The number of hydrogen-bond donors (Lipinski definition) is 3. The van der Waals surface area contributed by atoms with E-state index in [0.29, 0.717) is 11.3 Å². The van der Waals surface area contributed by atoms with Crippen molar-refractivity contribution in [2.75, 3.05) is 29.9 Å². The maximum Gasteiger partial charge on any atom is 0.224 e. The third-order valence-corrected chi connectivity index (χ3v) is 6.15. The van der Waals surface area contributed by atoms with Crippen LogP contribution in [-0.2, 0) is 11.2 Å². The van der Waals surface area contributed by atoms with Crippen LogP contribution in [0.2, 0.25) is 0 Å². The van der Waals surface area contributed by atoms with Crippen molar-refractivity contribution in [3.8, 4) is 5.75 Å². The van der Waals surface area contributed by atoms with E-state index in [1.54, 1.807) is 0 Å². The van der Waals surface area contributed by atoms with Gasteiger partial charge < -0.3 is 25.2 Å². The molecule has 0 radical (unpaired) electrons. The molecule has 1 saturated heterocycles. The molecule has 1 amide bonds. The van der Waals surface area contributed by atoms with E-state index in [-0.39, 0.29) is 60.7 Å². The predicted octanol–water partition coefficient (Wildman–Crippen LogP) is 3.13. The molecule has 0 aromatic heterocycles. The molecule has 2 aliphatic rings. The number of amides is 1. The summed E-state index contributed by atoms with van der Waals surface area (Å²) in [5.41, 5.74) is -1.40. The summed E-state index contributed by atoms with van der Waals surface area (Å²) in [7, 11) is 0. The van der Waals surface area contributed by atoms with Crippen molar-refractivity contribution in [2.45, 2.75) is 31.0 Å². The Bertz CT molecular complexity index is 1010. The van der Waals surface area contributed by atoms with E-state index in [2.05, 4.69) is 21.2 Å². The number of halogens is 4. The first-order valence-corrected chi connectivity index (χ1v) is 10.5. The zero-order valence-electron chi connectivity index (χ0n) is 16.3. The van der Waals surface area contributed by atoms with E-state index in [0.717, 1.165) is 18.2 Å². The highest BCUT2D eigenvalue weighted by Crippen LogP contribution is 2.36. The van der Waals surface area contributed by atoms with Crippen LogP contribution < -0.4 is 15.0 Å². The number of β-amino-alcohol motifs (C(OH)–C–C–N with tert-alkyl or cyclic N) is 1. The van der Waals surface area contributed by atoms with Crippen LogP contribution in [0.4, 0.5) is 24.5 Å². The van der Waals surface area contributed by atoms with Gasteiger partial charge in [0.25, 0.3) is 0 Å². The number of carbonyl (C=O) groups excluding carboxylic acids is 1. The Morgan fingerprint density at radius 1 is 1.19 bits per heavy atom. The second-order valence-corrected chi connectivity index (χ2v) is 8.69. The zero-order chi connectivity index (χ0) is 22.3. The number of hydrogen-bond acceptors (Lipinski definition) is 5. The van der Waals surface area contributed by atoms with Crippen LogP contribution in [0.3, 0.4) is 0 Å². The van der Waals surface area contributed by atoms with Gasteiger partial charge in [0.1, 0.15) is 35.6 Å². The Morgan fingerprint density at radius 3 is 2.58 bits per heavy atom. The summed E-state index contributed by atoms with van der Waals surface area (Å²) < 4.78 is 48.5. The molecule has 31 heavy (non-hydrogen) atoms. The second kappa shape index (κ2) is 8.33. The molecule has 3 N–H and O–H groups in total. The van der Waals surface area contributed by atoms with E-state index in [1.165, 1.54) is 11.0 Å². The van der Waals surface area contributed by atoms with Gasteiger partial charge in [-0.25, -0.2) is 13.2 Å². The van der Waals surface area contributed by atoms with Gasteiger partial charge in [-0.3, -0.25) is 4.79 Å². The van der Waals surface area contributed by atoms with Gasteiger partial charge in [-0.05, 0) is 37.1 Å². The van der Waals surface area contributed by atoms with Crippen molar-refractivity contribution in [3.05, 3.63) is 51.8 Å². The van der Waals surface area contributed by atoms with E-state index >= 15 is 0 Å². The maximum atomic E-state index is 14.3. The van der Waals surface area contributed by atoms with Crippen molar-refractivity contribution in [2.24, 2.45) is 0 Å². The predicted molar refractivity (Wildman–Crippen MR) is 111 cm³/mol. The molecular formula is C21H20BrF3N2O4. The molecular weight excluding hydrogens is 481 g/mol. The van der Waals surface area contributed by atoms with Gasteiger partial charge in [-0.1, -0.05) is 15.9 Å². The number of aliphatic hydroxyl groups excluding tert-OH is 1. The fourth-order valence-corrected chi connectivity index (χ4v) is 4.34. The largest absolute Gasteiger partial charge is 0.490 e. The fourth-order valence-electron chi connectivity index (χ4n) is 3.94. The number of benzene rings is 2. The average molecular weight is 501 g/mol. The standard InChI is InChI=1S/C21H20BrF3N2O4/c22-11-7-14(24)20(15(25)8-11)27-6-5-21(30,17(28)9-27)10-31-16-3-2-13(23)19-12(16)1-4-18(29)26-19/h2-3,7-8,17,28,30H,1,4-6,9-10H2,(H,26,29)/t17-,21-/m1/s1. The molecule has 0 saturated carbocycles. The normalized spacial score (nSPS) is 23.4. The van der Waals surface area contributed by atoms with Crippen molar-refractivity contribution in [3.63, 3.8) is 0 Å². The number of piperidine rings is 1. The summed E-state index contributed by atoms with van der Waals surface area (Å²) in [6, 6.07) is 4.82. The Balaban J connectivity index is 1.48. The zero-order valence-corrected chi connectivity index (χ0v) is 17.9. The smallest absolute Gasteiger partial charge is 0.224 e. The Morgan fingerprint density at radius 2 is 1.90 bits per heavy atom. The van der Waals surface area contributed by atoms with Gasteiger partial charge in [0.15, 0.2) is 11.6 Å². The quantitative estimate of drug-likeness (QED) is 0.600. The SMILES string of the molecule is O=C1CCc2c(OC[C@]3(O)CCN(c4c(F)cc(Br)cc4F)C[C@H]3O)ccc(F)c2N1. The van der Waals surface area contributed by atoms with Gasteiger partial charge in [-0.15, -0.1) is 0 Å². The second-order valence-electron chi connectivity index (χ2n) is 7.77. The molecule has 2 heterocycles. The summed E-state index contributed by atoms with van der Waals surface area (Å²) in [5.74, 6) is -2.13. The molecule has 2 aliphatic heterocycles. The van der Waals surface area contributed by atoms with Crippen LogP contribution in [0.25, 0.3) is 0 Å². The minimum Gasteiger partial charge on any atom is -0.490 e. The van der Waals surface area contributed by atoms with Crippen LogP contribution in [-0.4, -0.2) is 47.5 Å². The molecule has 2 atom stereocenters. The lowest BCUT2D eigenvalue weighted by atomic mass is 9.89. The van der Waals surface area contributed by atoms with E-state index in [1.807, 2.05) is 0 Å². The van der Waals surface area contributed by atoms with Gasteiger partial charge in [-0.2, -0.15) is 0 Å². The third kappa shape index (κ3) is 4.24. The lowest BCUT2D eigenvalue weighted by Crippen LogP contribution is -2.58. The number of nitrogens with zero attached hydrogens (tertiary/aromatic N) is 1. The average Bonchev–Trinajstić information content (AvgIpc) is 2.70. The summed E-state index contributed by atoms with van der Waals surface area (Å²) in [4.78, 5) is 12.9. The van der Waals surface area contributed by atoms with E-state index in [4.69, 9.17) is 4.74 Å². The number of rotatable bonds is 4. The highest BCUT2D eigenvalue weighted by molar-refractivity contribution is 9.10. The first-order chi connectivity index (χ1) is 14.7. The van der Waals surface area contributed by atoms with Gasteiger partial charge in [0, 0.05) is 29.5 Å². The molecule has 2 aromatic rings. The van der Waals surface area contributed by atoms with Crippen molar-refractivity contribution in [1.29, 1.82) is 0 Å². The highest BCUT2D eigenvalue weighted by Gasteiger charge is 2.43. The summed E-state index contributed by atoms with van der Waals surface area (Å²) in [6.45, 7) is -0.420. The Hall–Kier alpha value is -2.30. The molecule has 0 aliphatic carbocycles. The maximum absolute atomic E-state index is 14.3. The molecule has 4 rings (SSSR count). The summed E-state index contributed by atoms with van der Waals surface area (Å²) in [5, 5.41) is 23.9. The molecule has 0 spiro atoms. The van der Waals surface area contributed by atoms with Gasteiger partial charge in [0.2, 0.25) is 5.91 Å². The molecule has 166 valence electrons. The third-order valence-electron chi connectivity index (χ3n) is 5.69. The molecule has 0 bridgehead atoms. The van der Waals surface area contributed by atoms with E-state index in [9.17, 15) is 28.2 Å². The summed E-state index contributed by atoms with van der Waals surface area (Å²) >= 11 is 3.03. The molecule has 10 heteroatoms. The minimum absolute atomic E-state index is 0.0107. The first kappa shape index (κ1) is 21.9. The Labute approximate surface area is 184 Å². The lowest BCUT2D eigenvalue weighted by molar-refractivity contribution is -0.116. The lowest BCUT2D eigenvalue weighted by Gasteiger charge is -2.42. The Kier molecular flexibility index (Phi) is 5.89. The topological polar surface area (TPSA) is 82.0 Å². The molecule has 2 aromatic carbocycles. The van der Waals surface area contributed by atoms with Crippen LogP contribution in [0, 0.1) is 17.5 Å². The van der Waals surface area contributed by atoms with E-state index < -0.39 is 29.2 Å². The molecule has 0 unspecified atom stereocenters. The summed E-state index contributed by atoms with van der Waals surface area (Å²) in [6.07, 6.45) is -0.896. The van der Waals surface area contributed by atoms with Crippen molar-refractivity contribution < 1.29 is 32.9 Å². The van der Waals surface area contributed by atoms with Crippen molar-refractivity contribution in [1.82, 2.24) is 0 Å². The highest BCUT2D eigenvalue weighted by atomic mass is 79.9. The first-order valence-electron chi connectivity index (χ1n) is 9.72. The van der Waals surface area contributed by atoms with Gasteiger partial charge in [0.05, 0.1) is 5.69 Å². The fraction of sp³-hybridized carbons (Fsp3) is 0.381. The van der Waals surface area contributed by atoms with Gasteiger partial charge >= 0.3 is 0 Å². The van der Waals surface area contributed by atoms with Crippen LogP contribution in [0.5, 0.6) is 5.75 Å². The number of carbonyl (C=O) groups is 1. The number of ether oxygens (including phenoxy) is 1. The minimum atomic E-state index is -1.67. The number of nitrogens with one attached hydrogen (secondary N) is 1. The number of anilines is 2. The monoisotopic (exact) mass is 500 g/mol. The van der Waals surface area contributed by atoms with Crippen molar-refractivity contribution >= 4 is 33.2 Å².